The molecule has 224 valence electrons. The van der Waals surface area contributed by atoms with Crippen LogP contribution < -0.4 is 15.0 Å². The number of amides is 2. The van der Waals surface area contributed by atoms with Gasteiger partial charge in [0.1, 0.15) is 5.75 Å². The van der Waals surface area contributed by atoms with E-state index in [4.69, 9.17) is 9.47 Å². The number of carbonyl (C=O) groups is 2. The largest absolute Gasteiger partial charge is 0.494 e. The third kappa shape index (κ3) is 10.5. The van der Waals surface area contributed by atoms with Crippen LogP contribution in [0.5, 0.6) is 5.75 Å². The SMILES string of the molecule is CCCCOc1ccc(NC(=O)N(CCCc2ccccc2)c2ccc(Sc3ccc(CC(=O)OCC)cc3)cc2)cc1. The van der Waals surface area contributed by atoms with E-state index in [-0.39, 0.29) is 18.4 Å². The van der Waals surface area contributed by atoms with Crippen LogP contribution in [-0.2, 0) is 22.4 Å². The Morgan fingerprint density at radius 2 is 1.44 bits per heavy atom. The lowest BCUT2D eigenvalue weighted by atomic mass is 10.1. The first-order valence-corrected chi connectivity index (χ1v) is 15.7. The van der Waals surface area contributed by atoms with Crippen LogP contribution in [0, 0.1) is 0 Å². The van der Waals surface area contributed by atoms with Gasteiger partial charge in [-0.15, -0.1) is 0 Å². The highest BCUT2D eigenvalue weighted by Gasteiger charge is 2.16. The summed E-state index contributed by atoms with van der Waals surface area (Å²) in [7, 11) is 0. The van der Waals surface area contributed by atoms with Crippen molar-refractivity contribution in [3.8, 4) is 5.75 Å². The fraction of sp³-hybridized carbons (Fsp3) is 0.278. The Labute approximate surface area is 259 Å². The quantitative estimate of drug-likeness (QED) is 0.110. The summed E-state index contributed by atoms with van der Waals surface area (Å²) < 4.78 is 10.8. The lowest BCUT2D eigenvalue weighted by Gasteiger charge is -2.24. The smallest absolute Gasteiger partial charge is 0.326 e. The van der Waals surface area contributed by atoms with E-state index in [1.165, 1.54) is 5.56 Å². The van der Waals surface area contributed by atoms with Gasteiger partial charge in [0.2, 0.25) is 0 Å². The first-order valence-electron chi connectivity index (χ1n) is 14.9. The molecule has 0 radical (unpaired) electrons. The highest BCUT2D eigenvalue weighted by Crippen LogP contribution is 2.30. The Bertz CT molecular complexity index is 1410. The summed E-state index contributed by atoms with van der Waals surface area (Å²) in [5.41, 5.74) is 3.73. The molecule has 6 nitrogen and oxygen atoms in total. The van der Waals surface area contributed by atoms with Gasteiger partial charge in [0.05, 0.1) is 19.6 Å². The predicted octanol–water partition coefficient (Wildman–Crippen LogP) is 8.79. The molecule has 0 aliphatic carbocycles. The van der Waals surface area contributed by atoms with Gasteiger partial charge >= 0.3 is 12.0 Å². The van der Waals surface area contributed by atoms with Crippen molar-refractivity contribution in [2.45, 2.75) is 55.7 Å². The monoisotopic (exact) mass is 596 g/mol. The molecule has 0 fully saturated rings. The van der Waals surface area contributed by atoms with Gasteiger partial charge in [-0.3, -0.25) is 9.69 Å². The van der Waals surface area contributed by atoms with Gasteiger partial charge in [0.15, 0.2) is 0 Å². The number of benzene rings is 4. The van der Waals surface area contributed by atoms with E-state index in [0.717, 1.165) is 58.2 Å². The van der Waals surface area contributed by atoms with Crippen molar-refractivity contribution in [3.05, 3.63) is 114 Å². The number of unbranched alkanes of at least 4 members (excludes halogenated alkanes) is 1. The Morgan fingerprint density at radius 1 is 0.767 bits per heavy atom. The van der Waals surface area contributed by atoms with E-state index in [9.17, 15) is 9.59 Å². The number of aryl methyl sites for hydroxylation is 1. The summed E-state index contributed by atoms with van der Waals surface area (Å²) in [6.07, 6.45) is 4.08. The maximum atomic E-state index is 13.5. The van der Waals surface area contributed by atoms with Crippen LogP contribution in [0.4, 0.5) is 16.2 Å². The van der Waals surface area contributed by atoms with Gasteiger partial charge in [-0.2, -0.15) is 0 Å². The van der Waals surface area contributed by atoms with Crippen molar-refractivity contribution in [1.29, 1.82) is 0 Å². The predicted molar refractivity (Wildman–Crippen MR) is 175 cm³/mol. The summed E-state index contributed by atoms with van der Waals surface area (Å²) in [5.74, 6) is 0.581. The van der Waals surface area contributed by atoms with Gasteiger partial charge in [0, 0.05) is 27.7 Å². The molecule has 4 aromatic rings. The standard InChI is InChI=1S/C36H40N2O4S/c1-3-5-26-42-32-19-15-30(16-20-32)37-36(40)38(25-9-12-28-10-7-6-8-11-28)31-17-23-34(24-18-31)43-33-21-13-29(14-22-33)27-35(39)41-4-2/h6-8,10-11,13-24H,3-5,9,12,25-27H2,1-2H3,(H,37,40). The molecule has 0 aliphatic rings. The van der Waals surface area contributed by atoms with Crippen LogP contribution >= 0.6 is 11.8 Å². The minimum absolute atomic E-state index is 0.176. The van der Waals surface area contributed by atoms with Gasteiger partial charge in [-0.05, 0) is 98.0 Å². The number of rotatable bonds is 15. The minimum Gasteiger partial charge on any atom is -0.494 e. The summed E-state index contributed by atoms with van der Waals surface area (Å²) >= 11 is 1.63. The molecule has 0 unspecified atom stereocenters. The zero-order valence-corrected chi connectivity index (χ0v) is 25.8. The first-order chi connectivity index (χ1) is 21.0. The van der Waals surface area contributed by atoms with Crippen LogP contribution in [0.15, 0.2) is 113 Å². The molecule has 43 heavy (non-hydrogen) atoms. The maximum absolute atomic E-state index is 13.5. The van der Waals surface area contributed by atoms with Gasteiger partial charge < -0.3 is 14.8 Å². The number of nitrogens with zero attached hydrogens (tertiary/aromatic N) is 1. The third-order valence-electron chi connectivity index (χ3n) is 6.77. The molecule has 0 heterocycles. The van der Waals surface area contributed by atoms with Crippen molar-refractivity contribution in [3.63, 3.8) is 0 Å². The summed E-state index contributed by atoms with van der Waals surface area (Å²) in [6, 6.07) is 33.7. The van der Waals surface area contributed by atoms with Crippen LogP contribution in [0.1, 0.15) is 44.2 Å². The second-order valence-corrected chi connectivity index (χ2v) is 11.3. The van der Waals surface area contributed by atoms with E-state index in [1.807, 2.05) is 97.9 Å². The lowest BCUT2D eigenvalue weighted by Crippen LogP contribution is -2.36. The molecule has 0 saturated heterocycles. The van der Waals surface area contributed by atoms with Gasteiger partial charge in [-0.25, -0.2) is 4.79 Å². The zero-order valence-electron chi connectivity index (χ0n) is 25.0. The third-order valence-corrected chi connectivity index (χ3v) is 7.78. The molecule has 0 aliphatic heterocycles. The Kier molecular flexibility index (Phi) is 12.5. The van der Waals surface area contributed by atoms with Crippen LogP contribution in [0.25, 0.3) is 0 Å². The highest BCUT2D eigenvalue weighted by atomic mass is 32.2. The molecule has 4 aromatic carbocycles. The fourth-order valence-corrected chi connectivity index (χ4v) is 5.29. The van der Waals surface area contributed by atoms with Crippen molar-refractivity contribution in [1.82, 2.24) is 0 Å². The number of urea groups is 1. The molecule has 0 aromatic heterocycles. The topological polar surface area (TPSA) is 67.9 Å². The summed E-state index contributed by atoms with van der Waals surface area (Å²) in [6.45, 7) is 5.59. The number of hydrogen-bond acceptors (Lipinski definition) is 5. The van der Waals surface area contributed by atoms with Crippen molar-refractivity contribution >= 4 is 35.1 Å². The normalized spacial score (nSPS) is 10.7. The molecule has 0 atom stereocenters. The number of nitrogens with one attached hydrogen (secondary N) is 1. The molecule has 0 saturated carbocycles. The molecule has 0 bridgehead atoms. The van der Waals surface area contributed by atoms with Crippen molar-refractivity contribution < 1.29 is 19.1 Å². The Morgan fingerprint density at radius 3 is 2.09 bits per heavy atom. The van der Waals surface area contributed by atoms with Crippen LogP contribution in [-0.4, -0.2) is 31.8 Å². The Hall–Kier alpha value is -4.23. The van der Waals surface area contributed by atoms with E-state index in [2.05, 4.69) is 24.4 Å². The molecule has 1 N–H and O–H groups in total. The second kappa shape index (κ2) is 17.0. The van der Waals surface area contributed by atoms with E-state index in [1.54, 1.807) is 16.7 Å². The van der Waals surface area contributed by atoms with Crippen molar-refractivity contribution in [2.75, 3.05) is 30.0 Å². The highest BCUT2D eigenvalue weighted by molar-refractivity contribution is 7.99. The maximum Gasteiger partial charge on any atom is 0.326 e. The zero-order chi connectivity index (χ0) is 30.3. The van der Waals surface area contributed by atoms with Crippen molar-refractivity contribution in [2.24, 2.45) is 0 Å². The molecular weight excluding hydrogens is 556 g/mol. The lowest BCUT2D eigenvalue weighted by molar-refractivity contribution is -0.142. The number of hydrogen-bond donors (Lipinski definition) is 1. The average Bonchev–Trinajstić information content (AvgIpc) is 3.02. The summed E-state index contributed by atoms with van der Waals surface area (Å²) in [4.78, 5) is 29.2. The van der Waals surface area contributed by atoms with Gasteiger partial charge in [-0.1, -0.05) is 67.6 Å². The molecule has 4 rings (SSSR count). The number of anilines is 2. The summed E-state index contributed by atoms with van der Waals surface area (Å²) in [5, 5.41) is 3.06. The average molecular weight is 597 g/mol. The molecule has 2 amide bonds. The van der Waals surface area contributed by atoms with E-state index < -0.39 is 0 Å². The van der Waals surface area contributed by atoms with E-state index >= 15 is 0 Å². The van der Waals surface area contributed by atoms with Crippen LogP contribution in [0.3, 0.4) is 0 Å². The van der Waals surface area contributed by atoms with Crippen LogP contribution in [0.2, 0.25) is 0 Å². The minimum atomic E-state index is -0.218. The van der Waals surface area contributed by atoms with E-state index in [0.29, 0.717) is 19.8 Å². The molecule has 0 spiro atoms. The fourth-order valence-electron chi connectivity index (χ4n) is 4.48. The molecule has 7 heteroatoms. The van der Waals surface area contributed by atoms with Gasteiger partial charge in [0.25, 0.3) is 0 Å². The molecular formula is C36H40N2O4S. The number of ether oxygens (including phenoxy) is 2. The first kappa shape index (κ1) is 31.7. The number of carbonyl (C=O) groups excluding carboxylic acids is 2. The number of esters is 1. The second-order valence-electron chi connectivity index (χ2n) is 10.1. The Balaban J connectivity index is 1.41.